The van der Waals surface area contributed by atoms with Crippen molar-refractivity contribution >= 4 is 5.97 Å². The van der Waals surface area contributed by atoms with Gasteiger partial charge in [-0.05, 0) is 37.9 Å². The highest BCUT2D eigenvalue weighted by molar-refractivity contribution is 5.90. The lowest BCUT2D eigenvalue weighted by Gasteiger charge is -2.23. The highest BCUT2D eigenvalue weighted by Gasteiger charge is 2.18. The number of hydrogen-bond donors (Lipinski definition) is 0. The van der Waals surface area contributed by atoms with Crippen LogP contribution in [-0.4, -0.2) is 45.7 Å². The van der Waals surface area contributed by atoms with Crippen LogP contribution < -0.4 is 9.47 Å². The van der Waals surface area contributed by atoms with Gasteiger partial charge in [0.05, 0.1) is 19.8 Å². The maximum absolute atomic E-state index is 11.7. The molecule has 134 valence electrons. The van der Waals surface area contributed by atoms with Gasteiger partial charge in [0, 0.05) is 13.0 Å². The van der Waals surface area contributed by atoms with Gasteiger partial charge in [-0.3, -0.25) is 0 Å². The largest absolute Gasteiger partial charge is 0.493 e. The molecule has 0 spiro atoms. The van der Waals surface area contributed by atoms with Gasteiger partial charge < -0.3 is 19.1 Å². The summed E-state index contributed by atoms with van der Waals surface area (Å²) in [4.78, 5) is 13.8. The predicted octanol–water partition coefficient (Wildman–Crippen LogP) is 3.55. The Morgan fingerprint density at radius 3 is 2.36 bits per heavy atom. The van der Waals surface area contributed by atoms with Crippen LogP contribution in [0.1, 0.15) is 28.4 Å². The molecular weight excluding hydrogens is 318 g/mol. The van der Waals surface area contributed by atoms with Gasteiger partial charge in [-0.25, -0.2) is 4.79 Å². The number of methoxy groups -OCH3 is 2. The van der Waals surface area contributed by atoms with E-state index in [4.69, 9.17) is 14.2 Å². The first-order valence-electron chi connectivity index (χ1n) is 8.17. The number of nitrogens with zero attached hydrogens (tertiary/aromatic N) is 1. The van der Waals surface area contributed by atoms with Crippen molar-refractivity contribution < 1.29 is 19.0 Å². The lowest BCUT2D eigenvalue weighted by atomic mass is 10.1. The average molecular weight is 343 g/mol. The van der Waals surface area contributed by atoms with Crippen molar-refractivity contribution in [3.8, 4) is 11.5 Å². The highest BCUT2D eigenvalue weighted by atomic mass is 16.5. The van der Waals surface area contributed by atoms with Gasteiger partial charge in [0.2, 0.25) is 0 Å². The molecule has 0 aliphatic heterocycles. The molecule has 0 aliphatic carbocycles. The van der Waals surface area contributed by atoms with Gasteiger partial charge in [0.25, 0.3) is 0 Å². The van der Waals surface area contributed by atoms with Crippen LogP contribution in [0.4, 0.5) is 0 Å². The van der Waals surface area contributed by atoms with E-state index in [2.05, 4.69) is 17.0 Å². The Kier molecular flexibility index (Phi) is 6.83. The third-order valence-electron chi connectivity index (χ3n) is 3.86. The van der Waals surface area contributed by atoms with Crippen molar-refractivity contribution in [2.24, 2.45) is 0 Å². The molecule has 0 saturated carbocycles. The number of rotatable bonds is 8. The maximum Gasteiger partial charge on any atom is 0.337 e. The third-order valence-corrected chi connectivity index (χ3v) is 3.86. The molecule has 0 heterocycles. The number of ether oxygens (including phenoxy) is 3. The second-order valence-corrected chi connectivity index (χ2v) is 5.97. The van der Waals surface area contributed by atoms with E-state index in [9.17, 15) is 4.79 Å². The summed E-state index contributed by atoms with van der Waals surface area (Å²) in [5.74, 6) is 0.702. The summed E-state index contributed by atoms with van der Waals surface area (Å²) in [7, 11) is 6.98. The topological polar surface area (TPSA) is 48.0 Å². The molecule has 2 aromatic rings. The van der Waals surface area contributed by atoms with Crippen molar-refractivity contribution in [1.29, 1.82) is 0 Å². The van der Waals surface area contributed by atoms with Gasteiger partial charge in [-0.1, -0.05) is 30.3 Å². The van der Waals surface area contributed by atoms with Gasteiger partial charge >= 0.3 is 5.97 Å². The fourth-order valence-corrected chi connectivity index (χ4v) is 2.50. The Labute approximate surface area is 149 Å². The zero-order chi connectivity index (χ0) is 18.2. The van der Waals surface area contributed by atoms with E-state index in [-0.39, 0.29) is 6.10 Å². The lowest BCUT2D eigenvalue weighted by molar-refractivity contribution is 0.0600. The van der Waals surface area contributed by atoms with Crippen molar-refractivity contribution in [3.05, 3.63) is 59.7 Å². The van der Waals surface area contributed by atoms with Crippen molar-refractivity contribution in [2.45, 2.75) is 12.5 Å². The smallest absolute Gasteiger partial charge is 0.337 e. The van der Waals surface area contributed by atoms with Crippen LogP contribution in [0.2, 0.25) is 0 Å². The zero-order valence-corrected chi connectivity index (χ0v) is 15.2. The van der Waals surface area contributed by atoms with E-state index in [1.54, 1.807) is 25.3 Å². The van der Waals surface area contributed by atoms with Gasteiger partial charge in [-0.2, -0.15) is 0 Å². The molecule has 2 rings (SSSR count). The van der Waals surface area contributed by atoms with Gasteiger partial charge in [-0.15, -0.1) is 0 Å². The summed E-state index contributed by atoms with van der Waals surface area (Å²) in [6, 6.07) is 15.1. The van der Waals surface area contributed by atoms with E-state index in [0.717, 1.165) is 18.5 Å². The molecule has 0 aliphatic rings. The molecule has 1 atom stereocenters. The Hall–Kier alpha value is -2.53. The molecule has 0 fully saturated rings. The molecule has 0 bridgehead atoms. The Morgan fingerprint density at radius 2 is 1.76 bits per heavy atom. The van der Waals surface area contributed by atoms with Crippen LogP contribution in [0.3, 0.4) is 0 Å². The standard InChI is InChI=1S/C20H25NO4/c1-21(2)13-12-17(15-8-6-5-7-9-15)25-18-11-10-16(20(22)24-4)14-19(18)23-3/h5-11,14,17H,12-13H2,1-4H3/t17-/m0/s1. The van der Waals surface area contributed by atoms with E-state index in [1.807, 2.05) is 32.3 Å². The number of esters is 1. The lowest BCUT2D eigenvalue weighted by Crippen LogP contribution is -2.19. The van der Waals surface area contributed by atoms with Gasteiger partial charge in [0.1, 0.15) is 6.10 Å². The quantitative estimate of drug-likeness (QED) is 0.686. The average Bonchev–Trinajstić information content (AvgIpc) is 2.65. The van der Waals surface area contributed by atoms with E-state index >= 15 is 0 Å². The van der Waals surface area contributed by atoms with Gasteiger partial charge in [0.15, 0.2) is 11.5 Å². The second-order valence-electron chi connectivity index (χ2n) is 5.97. The maximum atomic E-state index is 11.7. The number of hydrogen-bond acceptors (Lipinski definition) is 5. The van der Waals surface area contributed by atoms with Crippen LogP contribution in [-0.2, 0) is 4.74 Å². The first-order valence-corrected chi connectivity index (χ1v) is 8.17. The summed E-state index contributed by atoms with van der Waals surface area (Å²) in [5, 5.41) is 0. The SMILES string of the molecule is COC(=O)c1ccc(O[C@@H](CCN(C)C)c2ccccc2)c(OC)c1. The molecular formula is C20H25NO4. The molecule has 0 N–H and O–H groups in total. The van der Waals surface area contributed by atoms with Crippen molar-refractivity contribution in [1.82, 2.24) is 4.90 Å². The Morgan fingerprint density at radius 1 is 1.04 bits per heavy atom. The van der Waals surface area contributed by atoms with Crippen LogP contribution in [0.25, 0.3) is 0 Å². The van der Waals surface area contributed by atoms with Crippen LogP contribution in [0, 0.1) is 0 Å². The molecule has 5 heteroatoms. The van der Waals surface area contributed by atoms with E-state index < -0.39 is 5.97 Å². The molecule has 0 amide bonds. The van der Waals surface area contributed by atoms with Crippen molar-refractivity contribution in [2.75, 3.05) is 34.9 Å². The third kappa shape index (κ3) is 5.22. The fraction of sp³-hybridized carbons (Fsp3) is 0.350. The summed E-state index contributed by atoms with van der Waals surface area (Å²) >= 11 is 0. The summed E-state index contributed by atoms with van der Waals surface area (Å²) in [5.41, 5.74) is 1.53. The number of benzene rings is 2. The first kappa shape index (κ1) is 18.8. The number of carbonyl (C=O) groups is 1. The van der Waals surface area contributed by atoms with Crippen LogP contribution in [0.15, 0.2) is 48.5 Å². The molecule has 2 aromatic carbocycles. The molecule has 0 radical (unpaired) electrons. The predicted molar refractivity (Wildman–Crippen MR) is 97.3 cm³/mol. The summed E-state index contributed by atoms with van der Waals surface area (Å²) < 4.78 is 16.4. The molecule has 0 aromatic heterocycles. The van der Waals surface area contributed by atoms with Crippen LogP contribution >= 0.6 is 0 Å². The minimum atomic E-state index is -0.405. The van der Waals surface area contributed by atoms with Crippen LogP contribution in [0.5, 0.6) is 11.5 Å². The normalized spacial score (nSPS) is 11.9. The van der Waals surface area contributed by atoms with Crippen molar-refractivity contribution in [3.63, 3.8) is 0 Å². The Bertz CT molecular complexity index is 685. The Balaban J connectivity index is 2.26. The van der Waals surface area contributed by atoms with E-state index in [1.165, 1.54) is 7.11 Å². The minimum absolute atomic E-state index is 0.110. The highest BCUT2D eigenvalue weighted by Crippen LogP contribution is 2.33. The second kappa shape index (κ2) is 9.08. The first-order chi connectivity index (χ1) is 12.0. The molecule has 0 unspecified atom stereocenters. The minimum Gasteiger partial charge on any atom is -0.493 e. The molecule has 25 heavy (non-hydrogen) atoms. The fourth-order valence-electron chi connectivity index (χ4n) is 2.50. The number of carbonyl (C=O) groups excluding carboxylic acids is 1. The monoisotopic (exact) mass is 343 g/mol. The summed E-state index contributed by atoms with van der Waals surface area (Å²) in [6.07, 6.45) is 0.723. The molecule has 5 nitrogen and oxygen atoms in total. The summed E-state index contributed by atoms with van der Waals surface area (Å²) in [6.45, 7) is 0.891. The molecule has 0 saturated heterocycles. The zero-order valence-electron chi connectivity index (χ0n) is 15.2. The van der Waals surface area contributed by atoms with E-state index in [0.29, 0.717) is 17.1 Å².